The highest BCUT2D eigenvalue weighted by molar-refractivity contribution is 6.21. The van der Waals surface area contributed by atoms with Gasteiger partial charge in [-0.2, -0.15) is 0 Å². The summed E-state index contributed by atoms with van der Waals surface area (Å²) in [5.74, 6) is 0. The molecular weight excluding hydrogens is 458 g/mol. The highest BCUT2D eigenvalue weighted by Gasteiger charge is 2.33. The third-order valence-electron chi connectivity index (χ3n) is 8.60. The van der Waals surface area contributed by atoms with Crippen LogP contribution in [0.5, 0.6) is 0 Å². The number of aromatic nitrogens is 1. The number of rotatable bonds is 2. The molecule has 0 spiro atoms. The van der Waals surface area contributed by atoms with Crippen LogP contribution in [0.2, 0.25) is 0 Å². The first-order valence-corrected chi connectivity index (χ1v) is 13.3. The molecule has 0 aliphatic heterocycles. The van der Waals surface area contributed by atoms with E-state index in [9.17, 15) is 0 Å². The maximum absolute atomic E-state index is 2.45. The van der Waals surface area contributed by atoms with Crippen LogP contribution in [0, 0.1) is 0 Å². The van der Waals surface area contributed by atoms with Crippen molar-refractivity contribution in [1.82, 2.24) is 4.57 Å². The summed E-state index contributed by atoms with van der Waals surface area (Å²) in [7, 11) is 0. The molecule has 1 heterocycles. The normalized spacial score (nSPS) is 13.6. The fourth-order valence-electron chi connectivity index (χ4n) is 7.11. The van der Waals surface area contributed by atoms with E-state index in [1.54, 1.807) is 0 Å². The molecule has 0 saturated heterocycles. The van der Waals surface area contributed by atoms with Gasteiger partial charge in [-0.05, 0) is 74.4 Å². The first kappa shape index (κ1) is 20.2. The van der Waals surface area contributed by atoms with Crippen LogP contribution in [0.15, 0.2) is 127 Å². The lowest BCUT2D eigenvalue weighted by atomic mass is 9.90. The molecule has 1 aromatic heterocycles. The Bertz CT molecular complexity index is 2130. The fraction of sp³-hybridized carbons (Fsp3) is 0.0270. The van der Waals surface area contributed by atoms with Crippen LogP contribution in [-0.2, 0) is 6.42 Å². The molecule has 0 bridgehead atoms. The lowest BCUT2D eigenvalue weighted by Crippen LogP contribution is -1.98. The van der Waals surface area contributed by atoms with E-state index in [1.165, 1.54) is 82.8 Å². The number of fused-ring (bicyclic) bond motifs is 7. The van der Waals surface area contributed by atoms with Crippen molar-refractivity contribution in [2.24, 2.45) is 0 Å². The van der Waals surface area contributed by atoms with Gasteiger partial charge in [-0.15, -0.1) is 0 Å². The van der Waals surface area contributed by atoms with Gasteiger partial charge in [0.2, 0.25) is 0 Å². The van der Waals surface area contributed by atoms with Gasteiger partial charge in [0.25, 0.3) is 0 Å². The van der Waals surface area contributed by atoms with Crippen molar-refractivity contribution in [3.63, 3.8) is 0 Å². The second-order valence-corrected chi connectivity index (χ2v) is 10.5. The minimum Gasteiger partial charge on any atom is -0.309 e. The summed E-state index contributed by atoms with van der Waals surface area (Å²) in [6.07, 6.45) is 0.969. The van der Waals surface area contributed by atoms with Gasteiger partial charge in [-0.1, -0.05) is 109 Å². The maximum Gasteiger partial charge on any atom is 0.0619 e. The first-order valence-electron chi connectivity index (χ1n) is 13.3. The quantitative estimate of drug-likeness (QED) is 0.232. The van der Waals surface area contributed by atoms with Crippen LogP contribution in [-0.4, -0.2) is 4.57 Å². The Balaban J connectivity index is 1.34. The van der Waals surface area contributed by atoms with Gasteiger partial charge < -0.3 is 4.57 Å². The smallest absolute Gasteiger partial charge is 0.0619 e. The predicted octanol–water partition coefficient (Wildman–Crippen LogP) is 9.43. The molecule has 1 nitrogen and oxygen atoms in total. The topological polar surface area (TPSA) is 4.93 Å². The van der Waals surface area contributed by atoms with Crippen molar-refractivity contribution in [3.05, 3.63) is 150 Å². The van der Waals surface area contributed by atoms with Crippen molar-refractivity contribution < 1.29 is 0 Å². The predicted molar refractivity (Wildman–Crippen MR) is 160 cm³/mol. The second-order valence-electron chi connectivity index (χ2n) is 10.5. The fourth-order valence-corrected chi connectivity index (χ4v) is 7.11. The molecule has 0 N–H and O–H groups in total. The van der Waals surface area contributed by atoms with Crippen molar-refractivity contribution in [2.45, 2.75) is 6.42 Å². The molecule has 9 rings (SSSR count). The third-order valence-corrected chi connectivity index (χ3v) is 8.60. The lowest BCUT2D eigenvalue weighted by Gasteiger charge is -2.16. The first-order chi connectivity index (χ1) is 18.9. The second kappa shape index (κ2) is 7.34. The van der Waals surface area contributed by atoms with Crippen LogP contribution < -0.4 is 0 Å². The summed E-state index contributed by atoms with van der Waals surface area (Å²) in [6.45, 7) is 0. The van der Waals surface area contributed by atoms with Crippen molar-refractivity contribution >= 4 is 43.7 Å². The molecule has 1 heteroatoms. The summed E-state index contributed by atoms with van der Waals surface area (Å²) in [4.78, 5) is 0. The average molecular weight is 482 g/mol. The van der Waals surface area contributed by atoms with E-state index in [2.05, 4.69) is 132 Å². The van der Waals surface area contributed by atoms with Gasteiger partial charge in [-0.3, -0.25) is 0 Å². The van der Waals surface area contributed by atoms with Crippen molar-refractivity contribution in [3.8, 4) is 16.8 Å². The van der Waals surface area contributed by atoms with Crippen LogP contribution in [0.4, 0.5) is 0 Å². The number of para-hydroxylation sites is 3. The highest BCUT2D eigenvalue weighted by Crippen LogP contribution is 2.53. The zero-order valence-electron chi connectivity index (χ0n) is 20.8. The van der Waals surface area contributed by atoms with E-state index >= 15 is 0 Å². The molecule has 0 amide bonds. The summed E-state index contributed by atoms with van der Waals surface area (Å²) in [5.41, 5.74) is 14.9. The summed E-state index contributed by atoms with van der Waals surface area (Å²) < 4.78 is 2.45. The zero-order chi connectivity index (χ0) is 24.8. The van der Waals surface area contributed by atoms with Crippen molar-refractivity contribution in [1.29, 1.82) is 0 Å². The Morgan fingerprint density at radius 3 is 2.03 bits per heavy atom. The Hall–Kier alpha value is -4.88. The van der Waals surface area contributed by atoms with Crippen LogP contribution >= 0.6 is 0 Å². The minimum absolute atomic E-state index is 0.969. The molecular formula is C37H23N. The summed E-state index contributed by atoms with van der Waals surface area (Å²) in [6, 6.07) is 46.8. The Morgan fingerprint density at radius 1 is 0.474 bits per heavy atom. The van der Waals surface area contributed by atoms with E-state index < -0.39 is 0 Å². The number of hydrogen-bond donors (Lipinski definition) is 0. The lowest BCUT2D eigenvalue weighted by molar-refractivity contribution is 1.18. The van der Waals surface area contributed by atoms with Gasteiger partial charge in [0, 0.05) is 22.0 Å². The summed E-state index contributed by atoms with van der Waals surface area (Å²) >= 11 is 0. The Kier molecular flexibility index (Phi) is 3.90. The molecule has 2 aliphatic rings. The van der Waals surface area contributed by atoms with E-state index in [-0.39, 0.29) is 0 Å². The van der Waals surface area contributed by atoms with Gasteiger partial charge in [0.05, 0.1) is 11.0 Å². The van der Waals surface area contributed by atoms with Gasteiger partial charge >= 0.3 is 0 Å². The van der Waals surface area contributed by atoms with Gasteiger partial charge in [0.15, 0.2) is 0 Å². The molecule has 0 unspecified atom stereocenters. The van der Waals surface area contributed by atoms with E-state index in [0.717, 1.165) is 6.42 Å². The third kappa shape index (κ3) is 2.51. The molecule has 0 saturated carbocycles. The monoisotopic (exact) mass is 481 g/mol. The average Bonchev–Trinajstić information content (AvgIpc) is 3.63. The minimum atomic E-state index is 0.969. The van der Waals surface area contributed by atoms with E-state index in [1.807, 2.05) is 0 Å². The van der Waals surface area contributed by atoms with Gasteiger partial charge in [0.1, 0.15) is 0 Å². The maximum atomic E-state index is 2.45. The number of nitrogens with zero attached hydrogens (tertiary/aromatic N) is 1. The van der Waals surface area contributed by atoms with Crippen LogP contribution in [0.3, 0.4) is 0 Å². The van der Waals surface area contributed by atoms with Crippen LogP contribution in [0.1, 0.15) is 22.3 Å². The van der Waals surface area contributed by atoms with Crippen LogP contribution in [0.25, 0.3) is 60.5 Å². The Morgan fingerprint density at radius 2 is 1.13 bits per heavy atom. The van der Waals surface area contributed by atoms with Crippen molar-refractivity contribution in [2.75, 3.05) is 0 Å². The Labute approximate surface area is 220 Å². The molecule has 38 heavy (non-hydrogen) atoms. The van der Waals surface area contributed by atoms with E-state index in [0.29, 0.717) is 0 Å². The zero-order valence-corrected chi connectivity index (χ0v) is 20.8. The number of benzene rings is 6. The molecule has 6 aromatic carbocycles. The highest BCUT2D eigenvalue weighted by atomic mass is 15.0. The molecule has 0 atom stereocenters. The van der Waals surface area contributed by atoms with Gasteiger partial charge in [-0.25, -0.2) is 0 Å². The summed E-state index contributed by atoms with van der Waals surface area (Å²) in [5, 5.41) is 5.35. The van der Waals surface area contributed by atoms with E-state index in [4.69, 9.17) is 0 Å². The number of allylic oxidation sites excluding steroid dienone is 1. The molecule has 7 aromatic rings. The molecule has 2 aliphatic carbocycles. The standard InChI is InChI=1S/C37H23N/c1-2-12-24(13-3-1)38-34-21-5-4-14-26(34)30-19-9-18-29(37(30)38)25-15-8-17-27-32(25)22-33-28-16-6-10-23-11-7-20-31(35(23)28)36(27)33/h1-21H,22H2. The largest absolute Gasteiger partial charge is 0.309 e. The SMILES string of the molecule is c1ccc(-n2c3ccccc3c3cccc(-c4cccc5c4CC4=C5c5cccc6cccc4c56)c32)cc1. The number of hydrogen-bond acceptors (Lipinski definition) is 0. The molecule has 0 radical (unpaired) electrons. The molecule has 0 fully saturated rings. The molecule has 176 valence electrons.